The number of halogens is 1. The highest BCUT2D eigenvalue weighted by atomic mass is 79.9. The first-order chi connectivity index (χ1) is 7.23. The maximum Gasteiger partial charge on any atom is 0.123 e. The summed E-state index contributed by atoms with van der Waals surface area (Å²) in [5, 5.41) is 9.56. The lowest BCUT2D eigenvalue weighted by Gasteiger charge is -2.42. The lowest BCUT2D eigenvalue weighted by molar-refractivity contribution is 0.116. The second-order valence-corrected chi connectivity index (χ2v) is 4.96. The first-order valence-corrected chi connectivity index (χ1v) is 5.97. The average Bonchev–Trinajstić information content (AvgIpc) is 2.19. The molecule has 0 radical (unpaired) electrons. The Kier molecular flexibility index (Phi) is 3.03. The summed E-state index contributed by atoms with van der Waals surface area (Å²) >= 11 is 3.55. The molecule has 0 aromatic heterocycles. The van der Waals surface area contributed by atoms with Crippen LogP contribution in [0.5, 0.6) is 5.75 Å². The van der Waals surface area contributed by atoms with E-state index in [1.54, 1.807) is 7.11 Å². The summed E-state index contributed by atoms with van der Waals surface area (Å²) < 4.78 is 6.41. The average molecular weight is 271 g/mol. The van der Waals surface area contributed by atoms with Gasteiger partial charge in [0.1, 0.15) is 5.75 Å². The van der Waals surface area contributed by atoms with Gasteiger partial charge in [-0.05, 0) is 25.0 Å². The van der Waals surface area contributed by atoms with Gasteiger partial charge in [-0.25, -0.2) is 0 Å². The molecule has 0 saturated heterocycles. The Balaban J connectivity index is 2.49. The number of ether oxygens (including phenoxy) is 1. The van der Waals surface area contributed by atoms with Crippen molar-refractivity contribution in [3.63, 3.8) is 0 Å². The molecule has 1 N–H and O–H groups in total. The van der Waals surface area contributed by atoms with Gasteiger partial charge in [0, 0.05) is 15.5 Å². The Bertz CT molecular complexity index is 353. The fraction of sp³-hybridized carbons (Fsp3) is 0.500. The van der Waals surface area contributed by atoms with Crippen LogP contribution in [-0.4, -0.2) is 18.8 Å². The van der Waals surface area contributed by atoms with Crippen LogP contribution >= 0.6 is 15.9 Å². The number of aliphatic hydroxyl groups excluding tert-OH is 1. The third-order valence-electron chi connectivity index (χ3n) is 3.34. The summed E-state index contributed by atoms with van der Waals surface area (Å²) in [4.78, 5) is 0. The predicted molar refractivity (Wildman–Crippen MR) is 63.3 cm³/mol. The maximum atomic E-state index is 9.56. The topological polar surface area (TPSA) is 29.5 Å². The van der Waals surface area contributed by atoms with Gasteiger partial charge in [-0.1, -0.05) is 28.4 Å². The molecule has 1 aromatic carbocycles. The van der Waals surface area contributed by atoms with Gasteiger partial charge in [-0.2, -0.15) is 0 Å². The van der Waals surface area contributed by atoms with E-state index in [-0.39, 0.29) is 12.0 Å². The van der Waals surface area contributed by atoms with Gasteiger partial charge in [0.15, 0.2) is 0 Å². The second kappa shape index (κ2) is 4.14. The molecule has 1 saturated carbocycles. The van der Waals surface area contributed by atoms with Gasteiger partial charge >= 0.3 is 0 Å². The van der Waals surface area contributed by atoms with Gasteiger partial charge in [-0.3, -0.25) is 0 Å². The second-order valence-electron chi connectivity index (χ2n) is 4.11. The van der Waals surface area contributed by atoms with Crippen molar-refractivity contribution in [1.29, 1.82) is 0 Å². The smallest absolute Gasteiger partial charge is 0.123 e. The van der Waals surface area contributed by atoms with Crippen molar-refractivity contribution >= 4 is 15.9 Å². The summed E-state index contributed by atoms with van der Waals surface area (Å²) in [5.74, 6) is 0.873. The van der Waals surface area contributed by atoms with Crippen LogP contribution in [0.15, 0.2) is 22.7 Å². The van der Waals surface area contributed by atoms with E-state index in [9.17, 15) is 5.11 Å². The van der Waals surface area contributed by atoms with E-state index in [1.807, 2.05) is 18.2 Å². The Morgan fingerprint density at radius 1 is 1.47 bits per heavy atom. The fourth-order valence-electron chi connectivity index (χ4n) is 2.28. The molecule has 15 heavy (non-hydrogen) atoms. The minimum absolute atomic E-state index is 0.0779. The molecule has 1 aliphatic carbocycles. The van der Waals surface area contributed by atoms with Crippen LogP contribution in [0.3, 0.4) is 0 Å². The Morgan fingerprint density at radius 2 is 2.20 bits per heavy atom. The van der Waals surface area contributed by atoms with Crippen LogP contribution < -0.4 is 4.74 Å². The lowest BCUT2D eigenvalue weighted by atomic mass is 9.65. The Hall–Kier alpha value is -0.540. The first-order valence-electron chi connectivity index (χ1n) is 5.17. The van der Waals surface area contributed by atoms with Crippen molar-refractivity contribution in [3.8, 4) is 5.75 Å². The molecule has 0 bridgehead atoms. The SMILES string of the molecule is COc1cccc(Br)c1C1(CO)CCC1. The number of hydrogen-bond acceptors (Lipinski definition) is 2. The Labute approximate surface area is 98.4 Å². The molecule has 0 aliphatic heterocycles. The quantitative estimate of drug-likeness (QED) is 0.916. The molecule has 0 amide bonds. The van der Waals surface area contributed by atoms with E-state index >= 15 is 0 Å². The van der Waals surface area contributed by atoms with E-state index in [2.05, 4.69) is 15.9 Å². The van der Waals surface area contributed by atoms with Crippen molar-refractivity contribution in [3.05, 3.63) is 28.2 Å². The zero-order chi connectivity index (χ0) is 10.9. The van der Waals surface area contributed by atoms with Gasteiger partial charge in [0.25, 0.3) is 0 Å². The van der Waals surface area contributed by atoms with Crippen molar-refractivity contribution in [1.82, 2.24) is 0 Å². The molecular formula is C12H15BrO2. The molecule has 82 valence electrons. The lowest BCUT2D eigenvalue weighted by Crippen LogP contribution is -2.38. The summed E-state index contributed by atoms with van der Waals surface area (Å²) in [5.41, 5.74) is 1.05. The normalized spacial score (nSPS) is 18.3. The largest absolute Gasteiger partial charge is 0.496 e. The number of aliphatic hydroxyl groups is 1. The highest BCUT2D eigenvalue weighted by molar-refractivity contribution is 9.10. The fourth-order valence-corrected chi connectivity index (χ4v) is 3.05. The van der Waals surface area contributed by atoms with E-state index in [0.29, 0.717) is 0 Å². The van der Waals surface area contributed by atoms with Crippen LogP contribution in [0.25, 0.3) is 0 Å². The van der Waals surface area contributed by atoms with Gasteiger partial charge in [-0.15, -0.1) is 0 Å². The van der Waals surface area contributed by atoms with Crippen LogP contribution in [-0.2, 0) is 5.41 Å². The number of rotatable bonds is 3. The molecule has 1 aromatic rings. The summed E-state index contributed by atoms with van der Waals surface area (Å²) in [6.07, 6.45) is 3.27. The molecule has 2 nitrogen and oxygen atoms in total. The van der Waals surface area contributed by atoms with Crippen molar-refractivity contribution in [2.45, 2.75) is 24.7 Å². The highest BCUT2D eigenvalue weighted by Crippen LogP contribution is 2.49. The summed E-state index contributed by atoms with van der Waals surface area (Å²) in [7, 11) is 1.68. The van der Waals surface area contributed by atoms with E-state index < -0.39 is 0 Å². The molecule has 3 heteroatoms. The molecule has 0 heterocycles. The monoisotopic (exact) mass is 270 g/mol. The third-order valence-corrected chi connectivity index (χ3v) is 4.00. The van der Waals surface area contributed by atoms with Crippen molar-refractivity contribution in [2.75, 3.05) is 13.7 Å². The third kappa shape index (κ3) is 1.68. The van der Waals surface area contributed by atoms with E-state index in [1.165, 1.54) is 6.42 Å². The molecular weight excluding hydrogens is 256 g/mol. The zero-order valence-corrected chi connectivity index (χ0v) is 10.4. The molecule has 0 unspecified atom stereocenters. The van der Waals surface area contributed by atoms with Crippen LogP contribution in [0, 0.1) is 0 Å². The van der Waals surface area contributed by atoms with Crippen molar-refractivity contribution in [2.24, 2.45) is 0 Å². The minimum Gasteiger partial charge on any atom is -0.496 e. The number of hydrogen-bond donors (Lipinski definition) is 1. The van der Waals surface area contributed by atoms with E-state index in [0.717, 1.165) is 28.6 Å². The minimum atomic E-state index is -0.0779. The van der Waals surface area contributed by atoms with E-state index in [4.69, 9.17) is 4.74 Å². The predicted octanol–water partition coefficient (Wildman–Crippen LogP) is 2.87. The first kappa shape index (κ1) is 11.0. The standard InChI is InChI=1S/C12H15BrO2/c1-15-10-5-2-4-9(13)11(10)12(8-14)6-3-7-12/h2,4-5,14H,3,6-8H2,1H3. The van der Waals surface area contributed by atoms with Crippen LogP contribution in [0.1, 0.15) is 24.8 Å². The van der Waals surface area contributed by atoms with Gasteiger partial charge in [0.05, 0.1) is 13.7 Å². The molecule has 1 fully saturated rings. The number of methoxy groups -OCH3 is 1. The molecule has 2 rings (SSSR count). The summed E-state index contributed by atoms with van der Waals surface area (Å²) in [6.45, 7) is 0.200. The van der Waals surface area contributed by atoms with Crippen molar-refractivity contribution < 1.29 is 9.84 Å². The molecule has 0 spiro atoms. The van der Waals surface area contributed by atoms with Gasteiger partial charge in [0.2, 0.25) is 0 Å². The zero-order valence-electron chi connectivity index (χ0n) is 8.79. The highest BCUT2D eigenvalue weighted by Gasteiger charge is 2.41. The summed E-state index contributed by atoms with van der Waals surface area (Å²) in [6, 6.07) is 5.92. The molecule has 1 aliphatic rings. The maximum absolute atomic E-state index is 9.56. The van der Waals surface area contributed by atoms with Crippen LogP contribution in [0.2, 0.25) is 0 Å². The van der Waals surface area contributed by atoms with Crippen LogP contribution in [0.4, 0.5) is 0 Å². The van der Waals surface area contributed by atoms with Gasteiger partial charge < -0.3 is 9.84 Å². The number of benzene rings is 1. The Morgan fingerprint density at radius 3 is 2.67 bits per heavy atom. The molecule has 0 atom stereocenters.